The normalized spacial score (nSPS) is 12.0. The Bertz CT molecular complexity index is 1020. The highest BCUT2D eigenvalue weighted by Crippen LogP contribution is 2.20. The number of amides is 1. The lowest BCUT2D eigenvalue weighted by atomic mass is 10.0. The first-order valence-corrected chi connectivity index (χ1v) is 11.8. The van der Waals surface area contributed by atoms with Gasteiger partial charge in [-0.05, 0) is 48.1 Å². The zero-order valence-electron chi connectivity index (χ0n) is 19.0. The molecule has 0 saturated heterocycles. The highest BCUT2D eigenvalue weighted by molar-refractivity contribution is 7.99. The number of nitrogens with one attached hydrogen (secondary N) is 1. The summed E-state index contributed by atoms with van der Waals surface area (Å²) >= 11 is 1.24. The van der Waals surface area contributed by atoms with E-state index in [4.69, 9.17) is 10.6 Å². The standard InChI is InChI=1S/C24H31N5O2S/c1-5-18-6-8-20(9-7-18)17(4)26-23(30)15-32-24-28-27-22(29(24)25)14-31-21-12-10-19(11-13-21)16(2)3/h6-13,16-17H,5,14-15,25H2,1-4H3,(H,26,30). The van der Waals surface area contributed by atoms with Crippen LogP contribution in [-0.2, 0) is 17.8 Å². The van der Waals surface area contributed by atoms with Crippen molar-refractivity contribution in [1.82, 2.24) is 20.2 Å². The van der Waals surface area contributed by atoms with Crippen molar-refractivity contribution in [3.8, 4) is 5.75 Å². The fraction of sp³-hybridized carbons (Fsp3) is 0.375. The number of hydrogen-bond donors (Lipinski definition) is 2. The first-order chi connectivity index (χ1) is 15.4. The van der Waals surface area contributed by atoms with Crippen LogP contribution >= 0.6 is 11.8 Å². The van der Waals surface area contributed by atoms with Gasteiger partial charge < -0.3 is 15.9 Å². The van der Waals surface area contributed by atoms with E-state index in [9.17, 15) is 4.79 Å². The van der Waals surface area contributed by atoms with Gasteiger partial charge in [0.15, 0.2) is 5.82 Å². The van der Waals surface area contributed by atoms with E-state index in [0.29, 0.717) is 16.9 Å². The van der Waals surface area contributed by atoms with Crippen LogP contribution in [0.1, 0.15) is 62.2 Å². The number of carbonyl (C=O) groups is 1. The first-order valence-electron chi connectivity index (χ1n) is 10.8. The van der Waals surface area contributed by atoms with Crippen molar-refractivity contribution in [3.05, 3.63) is 71.0 Å². The van der Waals surface area contributed by atoms with Gasteiger partial charge in [0.1, 0.15) is 12.4 Å². The zero-order valence-corrected chi connectivity index (χ0v) is 19.9. The number of thioether (sulfide) groups is 1. The lowest BCUT2D eigenvalue weighted by molar-refractivity contribution is -0.119. The van der Waals surface area contributed by atoms with E-state index in [-0.39, 0.29) is 24.3 Å². The third-order valence-corrected chi connectivity index (χ3v) is 6.19. The predicted molar refractivity (Wildman–Crippen MR) is 128 cm³/mol. The third kappa shape index (κ3) is 6.26. The molecular weight excluding hydrogens is 422 g/mol. The van der Waals surface area contributed by atoms with E-state index in [0.717, 1.165) is 17.7 Å². The second-order valence-electron chi connectivity index (χ2n) is 7.95. The van der Waals surface area contributed by atoms with Gasteiger partial charge in [0, 0.05) is 0 Å². The number of nitrogens with zero attached hydrogens (tertiary/aromatic N) is 3. The van der Waals surface area contributed by atoms with Crippen LogP contribution in [0, 0.1) is 0 Å². The maximum atomic E-state index is 12.4. The number of aromatic nitrogens is 3. The number of ether oxygens (including phenoxy) is 1. The third-order valence-electron chi connectivity index (χ3n) is 5.25. The van der Waals surface area contributed by atoms with Crippen LogP contribution in [0.4, 0.5) is 0 Å². The van der Waals surface area contributed by atoms with E-state index in [1.807, 2.05) is 31.2 Å². The molecule has 2 aromatic carbocycles. The van der Waals surface area contributed by atoms with Crippen molar-refractivity contribution < 1.29 is 9.53 Å². The largest absolute Gasteiger partial charge is 0.486 e. The number of hydrogen-bond acceptors (Lipinski definition) is 6. The molecule has 0 aliphatic rings. The molecule has 3 aromatic rings. The van der Waals surface area contributed by atoms with E-state index in [1.165, 1.54) is 27.6 Å². The number of aryl methyl sites for hydroxylation is 1. The molecule has 0 radical (unpaired) electrons. The number of carbonyl (C=O) groups excluding carboxylic acids is 1. The minimum Gasteiger partial charge on any atom is -0.486 e. The topological polar surface area (TPSA) is 95.1 Å². The SMILES string of the molecule is CCc1ccc(C(C)NC(=O)CSc2nnc(COc3ccc(C(C)C)cc3)n2N)cc1. The van der Waals surface area contributed by atoms with E-state index in [2.05, 4.69) is 60.6 Å². The smallest absolute Gasteiger partial charge is 0.230 e. The second kappa shape index (κ2) is 11.0. The zero-order chi connectivity index (χ0) is 23.1. The van der Waals surface area contributed by atoms with Crippen molar-refractivity contribution >= 4 is 17.7 Å². The Labute approximate surface area is 193 Å². The Balaban J connectivity index is 1.48. The quantitative estimate of drug-likeness (QED) is 0.352. The molecule has 0 fully saturated rings. The summed E-state index contributed by atoms with van der Waals surface area (Å²) in [5.74, 6) is 7.91. The van der Waals surface area contributed by atoms with Crippen LogP contribution < -0.4 is 15.9 Å². The molecule has 0 bridgehead atoms. The minimum absolute atomic E-state index is 0.0733. The average Bonchev–Trinajstić information content (AvgIpc) is 3.15. The molecule has 7 nitrogen and oxygen atoms in total. The molecule has 0 saturated carbocycles. The van der Waals surface area contributed by atoms with Gasteiger partial charge in [-0.1, -0.05) is 68.9 Å². The Morgan fingerprint density at radius 3 is 2.34 bits per heavy atom. The molecule has 3 N–H and O–H groups in total. The van der Waals surface area contributed by atoms with Crippen LogP contribution in [0.3, 0.4) is 0 Å². The van der Waals surface area contributed by atoms with Gasteiger partial charge in [-0.15, -0.1) is 10.2 Å². The van der Waals surface area contributed by atoms with E-state index < -0.39 is 0 Å². The monoisotopic (exact) mass is 453 g/mol. The molecule has 0 spiro atoms. The van der Waals surface area contributed by atoms with Crippen molar-refractivity contribution in [2.45, 2.75) is 57.8 Å². The molecular formula is C24H31N5O2S. The fourth-order valence-electron chi connectivity index (χ4n) is 3.14. The molecule has 1 heterocycles. The lowest BCUT2D eigenvalue weighted by Crippen LogP contribution is -2.28. The molecule has 1 atom stereocenters. The van der Waals surface area contributed by atoms with Gasteiger partial charge >= 0.3 is 0 Å². The molecule has 0 aliphatic carbocycles. The average molecular weight is 454 g/mol. The van der Waals surface area contributed by atoms with Crippen LogP contribution in [0.5, 0.6) is 5.75 Å². The Kier molecular flexibility index (Phi) is 8.16. The van der Waals surface area contributed by atoms with Gasteiger partial charge in [0.2, 0.25) is 11.1 Å². The summed E-state index contributed by atoms with van der Waals surface area (Å²) in [5.41, 5.74) is 3.60. The molecule has 32 heavy (non-hydrogen) atoms. The number of nitrogen functional groups attached to an aromatic ring is 1. The summed E-state index contributed by atoms with van der Waals surface area (Å²) in [6.07, 6.45) is 0.995. The number of rotatable bonds is 10. The van der Waals surface area contributed by atoms with E-state index in [1.54, 1.807) is 0 Å². The van der Waals surface area contributed by atoms with Crippen LogP contribution in [0.25, 0.3) is 0 Å². The van der Waals surface area contributed by atoms with Crippen LogP contribution in [0.15, 0.2) is 53.7 Å². The maximum Gasteiger partial charge on any atom is 0.230 e. The summed E-state index contributed by atoms with van der Waals surface area (Å²) in [7, 11) is 0. The van der Waals surface area contributed by atoms with Crippen LogP contribution in [0.2, 0.25) is 0 Å². The van der Waals surface area contributed by atoms with Gasteiger partial charge in [0.25, 0.3) is 0 Å². The summed E-state index contributed by atoms with van der Waals surface area (Å²) in [6.45, 7) is 8.59. The predicted octanol–water partition coefficient (Wildman–Crippen LogP) is 4.23. The molecule has 3 rings (SSSR count). The molecule has 1 aromatic heterocycles. The number of nitrogens with two attached hydrogens (primary N) is 1. The van der Waals surface area contributed by atoms with Gasteiger partial charge in [-0.25, -0.2) is 4.68 Å². The van der Waals surface area contributed by atoms with Gasteiger partial charge in [-0.2, -0.15) is 0 Å². The molecule has 170 valence electrons. The molecule has 8 heteroatoms. The highest BCUT2D eigenvalue weighted by Gasteiger charge is 2.15. The Morgan fingerprint density at radius 2 is 1.72 bits per heavy atom. The molecule has 0 aliphatic heterocycles. The Hall–Kier alpha value is -3.00. The summed E-state index contributed by atoms with van der Waals surface area (Å²) in [5, 5.41) is 11.6. The van der Waals surface area contributed by atoms with Crippen molar-refractivity contribution in [3.63, 3.8) is 0 Å². The van der Waals surface area contributed by atoms with Gasteiger partial charge in [0.05, 0.1) is 11.8 Å². The second-order valence-corrected chi connectivity index (χ2v) is 8.90. The van der Waals surface area contributed by atoms with Crippen molar-refractivity contribution in [2.75, 3.05) is 11.6 Å². The Morgan fingerprint density at radius 1 is 1.06 bits per heavy atom. The number of benzene rings is 2. The van der Waals surface area contributed by atoms with Crippen molar-refractivity contribution in [1.29, 1.82) is 0 Å². The fourth-order valence-corrected chi connectivity index (χ4v) is 3.83. The van der Waals surface area contributed by atoms with Crippen LogP contribution in [-0.4, -0.2) is 26.5 Å². The molecule has 1 unspecified atom stereocenters. The lowest BCUT2D eigenvalue weighted by Gasteiger charge is -2.14. The maximum absolute atomic E-state index is 12.4. The summed E-state index contributed by atoms with van der Waals surface area (Å²) < 4.78 is 7.14. The van der Waals surface area contributed by atoms with Crippen molar-refractivity contribution in [2.24, 2.45) is 0 Å². The highest BCUT2D eigenvalue weighted by atomic mass is 32.2. The van der Waals surface area contributed by atoms with Gasteiger partial charge in [-0.3, -0.25) is 4.79 Å². The first kappa shape index (κ1) is 23.7. The summed E-state index contributed by atoms with van der Waals surface area (Å²) in [6, 6.07) is 16.2. The molecule has 1 amide bonds. The minimum atomic E-state index is -0.0897. The van der Waals surface area contributed by atoms with E-state index >= 15 is 0 Å². The summed E-state index contributed by atoms with van der Waals surface area (Å²) in [4.78, 5) is 12.4.